The van der Waals surface area contributed by atoms with Crippen molar-refractivity contribution in [3.8, 4) is 0 Å². The molecule has 2 atom stereocenters. The number of carbonyl (C=O) groups is 2. The molecule has 146 valence electrons. The van der Waals surface area contributed by atoms with Crippen molar-refractivity contribution in [2.24, 2.45) is 11.3 Å². The van der Waals surface area contributed by atoms with Crippen molar-refractivity contribution in [3.63, 3.8) is 0 Å². The predicted octanol–water partition coefficient (Wildman–Crippen LogP) is 4.46. The van der Waals surface area contributed by atoms with Gasteiger partial charge < -0.3 is 4.74 Å². The van der Waals surface area contributed by atoms with Crippen LogP contribution in [0.1, 0.15) is 37.2 Å². The van der Waals surface area contributed by atoms with E-state index in [1.165, 1.54) is 40.4 Å². The Morgan fingerprint density at radius 2 is 1.57 bits per heavy atom. The number of hydrogen-bond donors (Lipinski definition) is 0. The minimum Gasteiger partial charge on any atom is -0.440 e. The monoisotopic (exact) mass is 400 g/mol. The maximum atomic E-state index is 13.3. The highest BCUT2D eigenvalue weighted by molar-refractivity contribution is 6.30. The molecule has 3 aromatic rings. The van der Waals surface area contributed by atoms with Gasteiger partial charge in [0, 0.05) is 29.8 Å². The van der Waals surface area contributed by atoms with Gasteiger partial charge in [-0.15, -0.1) is 0 Å². The van der Waals surface area contributed by atoms with Crippen LogP contribution in [-0.4, -0.2) is 31.1 Å². The number of benzene rings is 1. The van der Waals surface area contributed by atoms with Gasteiger partial charge in [0.2, 0.25) is 5.91 Å². The van der Waals surface area contributed by atoms with Crippen molar-refractivity contribution in [2.45, 2.75) is 26.9 Å². The maximum absolute atomic E-state index is 13.3. The molecule has 2 aromatic heterocycles. The molecule has 1 aromatic carbocycles. The number of hydrogen-bond acceptors (Lipinski definition) is 5. The second kappa shape index (κ2) is 7.98. The molecule has 0 aliphatic carbocycles. The van der Waals surface area contributed by atoms with Gasteiger partial charge in [0.1, 0.15) is 18.8 Å². The van der Waals surface area contributed by atoms with Crippen LogP contribution in [0.2, 0.25) is 5.02 Å². The Morgan fingerprint density at radius 3 is 2.07 bits per heavy atom. The first kappa shape index (κ1) is 19.8. The van der Waals surface area contributed by atoms with E-state index in [0.717, 1.165) is 0 Å². The number of imidazole rings is 2. The molecule has 0 fully saturated rings. The summed E-state index contributed by atoms with van der Waals surface area (Å²) in [5.74, 6) is -0.890. The molecule has 0 N–H and O–H groups in total. The highest BCUT2D eigenvalue weighted by atomic mass is 35.5. The summed E-state index contributed by atoms with van der Waals surface area (Å²) in [4.78, 5) is 33.8. The van der Waals surface area contributed by atoms with Crippen LogP contribution in [0.25, 0.3) is 0 Å². The lowest BCUT2D eigenvalue weighted by Gasteiger charge is -2.35. The van der Waals surface area contributed by atoms with E-state index < -0.39 is 23.5 Å². The molecule has 0 radical (unpaired) electrons. The second-order valence-electron chi connectivity index (χ2n) is 7.48. The minimum atomic E-state index is -0.831. The third-order valence-electron chi connectivity index (χ3n) is 4.40. The number of halogens is 1. The minimum absolute atomic E-state index is 0.219. The van der Waals surface area contributed by atoms with Crippen LogP contribution in [-0.2, 0) is 4.74 Å². The lowest BCUT2D eigenvalue weighted by Crippen LogP contribution is -2.39. The first-order valence-corrected chi connectivity index (χ1v) is 9.12. The highest BCUT2D eigenvalue weighted by Crippen LogP contribution is 2.40. The molecule has 0 amide bonds. The predicted molar refractivity (Wildman–Crippen MR) is 104 cm³/mol. The SMILES string of the molecule is CC(C)(C)C(C(=O)n1ccnc1)C(OC(=O)n1ccnc1)c1ccc(Cl)cc1. The number of ether oxygens (including phenoxy) is 1. The second-order valence-corrected chi connectivity index (χ2v) is 7.91. The first-order chi connectivity index (χ1) is 13.3. The zero-order valence-corrected chi connectivity index (χ0v) is 16.6. The fourth-order valence-electron chi connectivity index (χ4n) is 3.02. The quantitative estimate of drug-likeness (QED) is 0.645. The average Bonchev–Trinajstić information content (AvgIpc) is 3.34. The lowest BCUT2D eigenvalue weighted by molar-refractivity contribution is 0.0153. The first-order valence-electron chi connectivity index (χ1n) is 8.74. The van der Waals surface area contributed by atoms with Crippen LogP contribution in [0.4, 0.5) is 4.79 Å². The van der Waals surface area contributed by atoms with Crippen molar-refractivity contribution in [3.05, 3.63) is 72.3 Å². The summed E-state index contributed by atoms with van der Waals surface area (Å²) in [6, 6.07) is 6.93. The fourth-order valence-corrected chi connectivity index (χ4v) is 3.15. The Hall–Kier alpha value is -2.93. The maximum Gasteiger partial charge on any atom is 0.419 e. The summed E-state index contributed by atoms with van der Waals surface area (Å²) in [6.07, 6.45) is 7.43. The molecule has 0 bridgehead atoms. The van der Waals surface area contributed by atoms with Gasteiger partial charge in [-0.1, -0.05) is 44.5 Å². The largest absolute Gasteiger partial charge is 0.440 e. The van der Waals surface area contributed by atoms with Gasteiger partial charge in [0.25, 0.3) is 0 Å². The summed E-state index contributed by atoms with van der Waals surface area (Å²) in [7, 11) is 0. The summed E-state index contributed by atoms with van der Waals surface area (Å²) in [5, 5.41) is 0.552. The molecule has 7 nitrogen and oxygen atoms in total. The van der Waals surface area contributed by atoms with E-state index in [0.29, 0.717) is 10.6 Å². The number of carbonyl (C=O) groups excluding carboxylic acids is 2. The van der Waals surface area contributed by atoms with Crippen molar-refractivity contribution in [1.29, 1.82) is 0 Å². The Bertz CT molecular complexity index is 929. The van der Waals surface area contributed by atoms with Crippen LogP contribution in [0.15, 0.2) is 61.7 Å². The molecular formula is C20H21ClN4O3. The average molecular weight is 401 g/mol. The highest BCUT2D eigenvalue weighted by Gasteiger charge is 2.42. The van der Waals surface area contributed by atoms with E-state index >= 15 is 0 Å². The summed E-state index contributed by atoms with van der Waals surface area (Å²) < 4.78 is 8.45. The van der Waals surface area contributed by atoms with Crippen LogP contribution in [0.5, 0.6) is 0 Å². The van der Waals surface area contributed by atoms with Crippen LogP contribution < -0.4 is 0 Å². The molecule has 0 saturated heterocycles. The van der Waals surface area contributed by atoms with Crippen molar-refractivity contribution in [2.75, 3.05) is 0 Å². The standard InChI is InChI=1S/C20H21ClN4O3/c1-20(2,3)16(18(26)24-10-8-22-12-24)17(14-4-6-15(21)7-5-14)28-19(27)25-11-9-23-13-25/h4-13,16-17H,1-3H3. The fraction of sp³-hybridized carbons (Fsp3) is 0.300. The van der Waals surface area contributed by atoms with Gasteiger partial charge >= 0.3 is 6.09 Å². The molecule has 2 heterocycles. The summed E-state index contributed by atoms with van der Waals surface area (Å²) in [6.45, 7) is 5.79. The molecule has 0 aliphatic heterocycles. The van der Waals surface area contributed by atoms with E-state index in [2.05, 4.69) is 9.97 Å². The Kier molecular flexibility index (Phi) is 5.65. The Balaban J connectivity index is 2.04. The molecule has 2 unspecified atom stereocenters. The van der Waals surface area contributed by atoms with Gasteiger partial charge in [-0.25, -0.2) is 19.3 Å². The van der Waals surface area contributed by atoms with Gasteiger partial charge in [0.05, 0.1) is 5.92 Å². The third kappa shape index (κ3) is 4.31. The zero-order chi connectivity index (χ0) is 20.3. The molecule has 0 aliphatic rings. The van der Waals surface area contributed by atoms with Gasteiger partial charge in [-0.05, 0) is 23.1 Å². The number of rotatable bonds is 4. The zero-order valence-electron chi connectivity index (χ0n) is 15.8. The topological polar surface area (TPSA) is 79.0 Å². The van der Waals surface area contributed by atoms with E-state index in [4.69, 9.17) is 16.3 Å². The molecule has 8 heteroatoms. The molecule has 3 rings (SSSR count). The molecule has 0 spiro atoms. The van der Waals surface area contributed by atoms with Gasteiger partial charge in [0.15, 0.2) is 0 Å². The number of aromatic nitrogens is 4. The van der Waals surface area contributed by atoms with Crippen molar-refractivity contribution >= 4 is 23.6 Å². The van der Waals surface area contributed by atoms with Crippen molar-refractivity contribution < 1.29 is 14.3 Å². The molecule has 0 saturated carbocycles. The van der Waals surface area contributed by atoms with E-state index in [1.807, 2.05) is 20.8 Å². The summed E-state index contributed by atoms with van der Waals surface area (Å²) >= 11 is 6.02. The smallest absolute Gasteiger partial charge is 0.419 e. The normalized spacial score (nSPS) is 13.7. The van der Waals surface area contributed by atoms with Crippen molar-refractivity contribution in [1.82, 2.24) is 19.1 Å². The molecular weight excluding hydrogens is 380 g/mol. The van der Waals surface area contributed by atoms with Gasteiger partial charge in [-0.3, -0.25) is 9.36 Å². The number of nitrogens with zero attached hydrogens (tertiary/aromatic N) is 4. The Morgan fingerprint density at radius 1 is 1.00 bits per heavy atom. The summed E-state index contributed by atoms with van der Waals surface area (Å²) in [5.41, 5.74) is 0.159. The Labute approximate surface area is 167 Å². The van der Waals surface area contributed by atoms with E-state index in [1.54, 1.807) is 30.5 Å². The van der Waals surface area contributed by atoms with E-state index in [9.17, 15) is 9.59 Å². The third-order valence-corrected chi connectivity index (χ3v) is 4.65. The van der Waals surface area contributed by atoms with Gasteiger partial charge in [-0.2, -0.15) is 0 Å². The molecule has 28 heavy (non-hydrogen) atoms. The van der Waals surface area contributed by atoms with Crippen LogP contribution >= 0.6 is 11.6 Å². The lowest BCUT2D eigenvalue weighted by atomic mass is 9.74. The van der Waals surface area contributed by atoms with E-state index in [-0.39, 0.29) is 5.91 Å². The van der Waals surface area contributed by atoms with Crippen LogP contribution in [0, 0.1) is 11.3 Å². The van der Waals surface area contributed by atoms with Crippen LogP contribution in [0.3, 0.4) is 0 Å².